The summed E-state index contributed by atoms with van der Waals surface area (Å²) in [6, 6.07) is 12.7. The first-order valence-electron chi connectivity index (χ1n) is 12.3. The lowest BCUT2D eigenvalue weighted by Crippen LogP contribution is -2.45. The van der Waals surface area contributed by atoms with Crippen LogP contribution in [-0.2, 0) is 5.44 Å². The third kappa shape index (κ3) is 5.03. The molecule has 8 nitrogen and oxygen atoms in total. The van der Waals surface area contributed by atoms with E-state index in [0.29, 0.717) is 45.3 Å². The Hall–Kier alpha value is -3.52. The van der Waals surface area contributed by atoms with Gasteiger partial charge in [-0.2, -0.15) is 5.26 Å². The van der Waals surface area contributed by atoms with Crippen LogP contribution in [0.25, 0.3) is 10.9 Å². The van der Waals surface area contributed by atoms with Gasteiger partial charge in [0.2, 0.25) is 0 Å². The number of hydrazine groups is 2. The van der Waals surface area contributed by atoms with Gasteiger partial charge < -0.3 is 21.2 Å². The Morgan fingerprint density at radius 1 is 1.35 bits per heavy atom. The van der Waals surface area contributed by atoms with Crippen LogP contribution >= 0.6 is 11.6 Å². The molecule has 190 valence electrons. The molecule has 0 saturated heterocycles. The van der Waals surface area contributed by atoms with E-state index in [0.717, 1.165) is 24.1 Å². The Kier molecular flexibility index (Phi) is 6.86. The number of pyridine rings is 1. The molecule has 1 aromatic heterocycles. The number of aromatic nitrogens is 1. The summed E-state index contributed by atoms with van der Waals surface area (Å²) in [6.45, 7) is 1.96. The Morgan fingerprint density at radius 3 is 2.78 bits per heavy atom. The molecule has 2 aliphatic rings. The van der Waals surface area contributed by atoms with Gasteiger partial charge in [0, 0.05) is 42.2 Å². The van der Waals surface area contributed by atoms with Crippen molar-refractivity contribution in [2.75, 3.05) is 17.2 Å². The van der Waals surface area contributed by atoms with E-state index in [-0.39, 0.29) is 18.5 Å². The van der Waals surface area contributed by atoms with E-state index < -0.39 is 5.44 Å². The number of anilines is 2. The molecule has 0 amide bonds. The molecule has 0 bridgehead atoms. The monoisotopic (exact) mass is 519 g/mol. The van der Waals surface area contributed by atoms with E-state index in [4.69, 9.17) is 11.6 Å². The zero-order valence-electron chi connectivity index (χ0n) is 20.6. The maximum absolute atomic E-state index is 13.8. The SMILES string of the molecule is BC(Nc1cc(Cl)c2ncc(C#N)c(NC(C)CCO)c2c1)(C1=CN(C2CC2)NN1)c1ccc(F)cc1. The van der Waals surface area contributed by atoms with Crippen LogP contribution in [0.2, 0.25) is 5.02 Å². The predicted octanol–water partition coefficient (Wildman–Crippen LogP) is 3.31. The van der Waals surface area contributed by atoms with Crippen molar-refractivity contribution in [3.05, 3.63) is 76.5 Å². The smallest absolute Gasteiger partial charge is 0.148 e. The van der Waals surface area contributed by atoms with E-state index >= 15 is 0 Å². The number of nitrogens with zero attached hydrogens (tertiary/aromatic N) is 3. The summed E-state index contributed by atoms with van der Waals surface area (Å²) in [5.74, 6) is -0.311. The van der Waals surface area contributed by atoms with Crippen LogP contribution in [0.5, 0.6) is 0 Å². The molecule has 2 unspecified atom stereocenters. The average Bonchev–Trinajstić information content (AvgIpc) is 3.60. The van der Waals surface area contributed by atoms with Gasteiger partial charge in [-0.15, -0.1) is 5.53 Å². The molecule has 3 aromatic rings. The van der Waals surface area contributed by atoms with Gasteiger partial charge in [0.15, 0.2) is 0 Å². The van der Waals surface area contributed by atoms with Crippen LogP contribution in [0, 0.1) is 17.1 Å². The lowest BCUT2D eigenvalue weighted by atomic mass is 9.69. The van der Waals surface area contributed by atoms with Crippen molar-refractivity contribution in [3.63, 3.8) is 0 Å². The van der Waals surface area contributed by atoms with Crippen molar-refractivity contribution >= 4 is 41.7 Å². The standard InChI is InChI=1S/C26H28BClFN7O/c1-15(8-9-37)32-24-16(12-30)13-31-25-21(24)10-19(11-22(25)28)33-26(27,17-2-4-18(29)5-3-17)23-14-36(35-34-23)20-6-7-20/h2-5,10-11,13-15,20,33-35,37H,6-9,27H2,1H3,(H,31,32). The van der Waals surface area contributed by atoms with Crippen LogP contribution in [0.4, 0.5) is 15.8 Å². The Labute approximate surface area is 220 Å². The second kappa shape index (κ2) is 10.1. The van der Waals surface area contributed by atoms with Crippen LogP contribution < -0.4 is 21.6 Å². The van der Waals surface area contributed by atoms with Crippen LogP contribution in [0.3, 0.4) is 0 Å². The van der Waals surface area contributed by atoms with Crippen molar-refractivity contribution in [2.45, 2.75) is 43.7 Å². The molecule has 1 saturated carbocycles. The van der Waals surface area contributed by atoms with E-state index in [2.05, 4.69) is 37.7 Å². The van der Waals surface area contributed by atoms with Gasteiger partial charge in [0.1, 0.15) is 19.7 Å². The minimum atomic E-state index is -0.778. The molecule has 2 heterocycles. The second-order valence-corrected chi connectivity index (χ2v) is 10.2. The fraction of sp³-hybridized carbons (Fsp3) is 0.308. The lowest BCUT2D eigenvalue weighted by molar-refractivity contribution is 0.260. The molecule has 1 aliphatic carbocycles. The number of aliphatic hydroxyl groups excluding tert-OH is 1. The normalized spacial score (nSPS) is 17.5. The summed E-state index contributed by atoms with van der Waals surface area (Å²) in [5.41, 5.74) is 9.69. The van der Waals surface area contributed by atoms with Gasteiger partial charge in [-0.3, -0.25) is 9.99 Å². The van der Waals surface area contributed by atoms with Crippen LogP contribution in [0.1, 0.15) is 37.3 Å². The van der Waals surface area contributed by atoms with E-state index in [1.54, 1.807) is 18.2 Å². The maximum Gasteiger partial charge on any atom is 0.148 e. The predicted molar refractivity (Wildman–Crippen MR) is 146 cm³/mol. The molecule has 1 aliphatic heterocycles. The molecular weight excluding hydrogens is 492 g/mol. The summed E-state index contributed by atoms with van der Waals surface area (Å²) in [6.07, 6.45) is 6.31. The van der Waals surface area contributed by atoms with Crippen LogP contribution in [-0.4, -0.2) is 41.6 Å². The number of nitrogens with one attached hydrogen (secondary N) is 4. The lowest BCUT2D eigenvalue weighted by Gasteiger charge is -2.34. The molecule has 2 aromatic carbocycles. The Bertz CT molecular complexity index is 1390. The molecule has 5 N–H and O–H groups in total. The fourth-order valence-electron chi connectivity index (χ4n) is 4.58. The third-order valence-corrected chi connectivity index (χ3v) is 7.17. The molecule has 2 atom stereocenters. The van der Waals surface area contributed by atoms with Crippen molar-refractivity contribution in [2.24, 2.45) is 0 Å². The van der Waals surface area contributed by atoms with Crippen LogP contribution in [0.15, 0.2) is 54.5 Å². The summed E-state index contributed by atoms with van der Waals surface area (Å²) in [7, 11) is 2.02. The summed E-state index contributed by atoms with van der Waals surface area (Å²) >= 11 is 6.70. The molecule has 37 heavy (non-hydrogen) atoms. The summed E-state index contributed by atoms with van der Waals surface area (Å²) in [5, 5.41) is 29.2. The number of benzene rings is 2. The molecule has 11 heteroatoms. The highest BCUT2D eigenvalue weighted by Gasteiger charge is 2.38. The summed E-state index contributed by atoms with van der Waals surface area (Å²) in [4.78, 5) is 4.43. The minimum absolute atomic E-state index is 0.0245. The number of fused-ring (bicyclic) bond motifs is 1. The number of rotatable bonds is 9. The van der Waals surface area contributed by atoms with E-state index in [1.165, 1.54) is 18.3 Å². The van der Waals surface area contributed by atoms with Gasteiger partial charge in [-0.1, -0.05) is 23.7 Å². The zero-order chi connectivity index (χ0) is 26.2. The number of nitriles is 1. The van der Waals surface area contributed by atoms with Gasteiger partial charge in [-0.05, 0) is 56.0 Å². The molecule has 5 rings (SSSR count). The van der Waals surface area contributed by atoms with Gasteiger partial charge in [-0.25, -0.2) is 4.39 Å². The van der Waals surface area contributed by atoms with Gasteiger partial charge >= 0.3 is 0 Å². The fourth-order valence-corrected chi connectivity index (χ4v) is 4.85. The maximum atomic E-state index is 13.8. The quantitative estimate of drug-likeness (QED) is 0.274. The van der Waals surface area contributed by atoms with Crippen molar-refractivity contribution in [1.82, 2.24) is 21.0 Å². The van der Waals surface area contributed by atoms with Crippen molar-refractivity contribution < 1.29 is 9.50 Å². The highest BCUT2D eigenvalue weighted by atomic mass is 35.5. The number of hydrogen-bond donors (Lipinski definition) is 5. The first-order valence-corrected chi connectivity index (χ1v) is 12.7. The summed E-state index contributed by atoms with van der Waals surface area (Å²) < 4.78 is 13.8. The average molecular weight is 520 g/mol. The first-order chi connectivity index (χ1) is 17.8. The topological polar surface area (TPSA) is 108 Å². The molecule has 0 radical (unpaired) electrons. The van der Waals surface area contributed by atoms with E-state index in [1.807, 2.05) is 27.0 Å². The number of hydrogen-bond acceptors (Lipinski definition) is 8. The first kappa shape index (κ1) is 25.1. The Balaban J connectivity index is 1.60. The van der Waals surface area contributed by atoms with Crippen molar-refractivity contribution in [1.29, 1.82) is 5.26 Å². The number of halogens is 2. The van der Waals surface area contributed by atoms with Gasteiger partial charge in [0.05, 0.1) is 32.9 Å². The molecule has 0 spiro atoms. The zero-order valence-corrected chi connectivity index (χ0v) is 21.4. The number of aliphatic hydroxyl groups is 1. The highest BCUT2D eigenvalue weighted by Crippen LogP contribution is 2.38. The second-order valence-electron chi connectivity index (χ2n) is 9.75. The third-order valence-electron chi connectivity index (χ3n) is 6.88. The van der Waals surface area contributed by atoms with E-state index in [9.17, 15) is 14.8 Å². The Morgan fingerprint density at radius 2 is 2.11 bits per heavy atom. The van der Waals surface area contributed by atoms with Gasteiger partial charge in [0.25, 0.3) is 0 Å². The minimum Gasteiger partial charge on any atom is -0.396 e. The largest absolute Gasteiger partial charge is 0.396 e. The highest BCUT2D eigenvalue weighted by molar-refractivity contribution is 6.36. The molecular formula is C26H28BClFN7O. The van der Waals surface area contributed by atoms with Crippen molar-refractivity contribution in [3.8, 4) is 6.07 Å². The molecule has 1 fully saturated rings.